The van der Waals surface area contributed by atoms with E-state index >= 15 is 0 Å². The van der Waals surface area contributed by atoms with E-state index in [0.29, 0.717) is 42.6 Å². The molecule has 1 aliphatic rings. The average molecular weight is 417 g/mol. The van der Waals surface area contributed by atoms with Crippen LogP contribution in [0.2, 0.25) is 5.02 Å². The Morgan fingerprint density at radius 2 is 1.66 bits per heavy atom. The molecule has 0 aromatic heterocycles. The molecule has 0 bridgehead atoms. The number of ether oxygens (including phenoxy) is 2. The molecule has 2 aromatic carbocycles. The van der Waals surface area contributed by atoms with Gasteiger partial charge < -0.3 is 19.7 Å². The number of benzene rings is 2. The van der Waals surface area contributed by atoms with Gasteiger partial charge in [-0.2, -0.15) is 0 Å². The fraction of sp³-hybridized carbons (Fsp3) is 0.364. The molecule has 0 saturated carbocycles. The van der Waals surface area contributed by atoms with Gasteiger partial charge in [-0.25, -0.2) is 0 Å². The van der Waals surface area contributed by atoms with Gasteiger partial charge in [0.25, 0.3) is 5.91 Å². The highest BCUT2D eigenvalue weighted by Crippen LogP contribution is 2.33. The molecule has 0 atom stereocenters. The fourth-order valence-corrected chi connectivity index (χ4v) is 3.41. The number of carbonyl (C=O) groups excluding carboxylic acids is 2. The highest BCUT2D eigenvalue weighted by atomic mass is 35.5. The highest BCUT2D eigenvalue weighted by Gasteiger charge is 2.23. The van der Waals surface area contributed by atoms with E-state index in [2.05, 4.69) is 5.32 Å². The molecule has 0 radical (unpaired) electrons. The van der Waals surface area contributed by atoms with E-state index in [4.69, 9.17) is 21.1 Å². The number of halogens is 1. The summed E-state index contributed by atoms with van der Waals surface area (Å²) in [6.45, 7) is 6.00. The standard InChI is InChI=1S/C22H25ClN2O4/c1-3-28-19-11-16-9-10-25(14-17(16)12-20(19)29-4-2)21(26)13-24-22(27)15-5-7-18(23)8-6-15/h5-8,11-12H,3-4,9-10,13-14H2,1-2H3,(H,24,27). The number of amides is 2. The molecule has 7 heteroatoms. The van der Waals surface area contributed by atoms with Crippen molar-refractivity contribution in [1.29, 1.82) is 0 Å². The smallest absolute Gasteiger partial charge is 0.251 e. The van der Waals surface area contributed by atoms with E-state index in [1.807, 2.05) is 26.0 Å². The predicted octanol–water partition coefficient (Wildman–Crippen LogP) is 3.45. The van der Waals surface area contributed by atoms with Crippen LogP contribution in [0.4, 0.5) is 0 Å². The molecule has 0 saturated heterocycles. The molecule has 29 heavy (non-hydrogen) atoms. The maximum atomic E-state index is 12.6. The minimum atomic E-state index is -0.299. The van der Waals surface area contributed by atoms with Crippen LogP contribution in [-0.4, -0.2) is 43.0 Å². The minimum Gasteiger partial charge on any atom is -0.490 e. The summed E-state index contributed by atoms with van der Waals surface area (Å²) in [5.41, 5.74) is 2.67. The first-order chi connectivity index (χ1) is 14.0. The van der Waals surface area contributed by atoms with Crippen LogP contribution in [0.5, 0.6) is 11.5 Å². The lowest BCUT2D eigenvalue weighted by Gasteiger charge is -2.30. The minimum absolute atomic E-state index is 0.0495. The van der Waals surface area contributed by atoms with E-state index in [-0.39, 0.29) is 18.4 Å². The van der Waals surface area contributed by atoms with Crippen molar-refractivity contribution in [2.45, 2.75) is 26.8 Å². The summed E-state index contributed by atoms with van der Waals surface area (Å²) < 4.78 is 11.4. The molecule has 0 unspecified atom stereocenters. The zero-order valence-corrected chi connectivity index (χ0v) is 17.4. The van der Waals surface area contributed by atoms with Gasteiger partial charge in [0.15, 0.2) is 11.5 Å². The van der Waals surface area contributed by atoms with E-state index in [1.165, 1.54) is 0 Å². The van der Waals surface area contributed by atoms with Crippen molar-refractivity contribution < 1.29 is 19.1 Å². The summed E-state index contributed by atoms with van der Waals surface area (Å²) in [5, 5.41) is 3.24. The van der Waals surface area contributed by atoms with Crippen LogP contribution in [0.25, 0.3) is 0 Å². The van der Waals surface area contributed by atoms with Gasteiger partial charge >= 0.3 is 0 Å². The van der Waals surface area contributed by atoms with Crippen LogP contribution in [0, 0.1) is 0 Å². The Bertz CT molecular complexity index is 883. The van der Waals surface area contributed by atoms with E-state index in [0.717, 1.165) is 23.3 Å². The third-order valence-electron chi connectivity index (χ3n) is 4.74. The van der Waals surface area contributed by atoms with E-state index in [9.17, 15) is 9.59 Å². The predicted molar refractivity (Wildman–Crippen MR) is 112 cm³/mol. The Morgan fingerprint density at radius 3 is 2.28 bits per heavy atom. The molecular weight excluding hydrogens is 392 g/mol. The van der Waals surface area contributed by atoms with Crippen LogP contribution < -0.4 is 14.8 Å². The number of rotatable bonds is 7. The molecule has 2 aromatic rings. The molecule has 0 aliphatic carbocycles. The number of carbonyl (C=O) groups is 2. The van der Waals surface area contributed by atoms with Crippen molar-refractivity contribution in [3.05, 3.63) is 58.1 Å². The van der Waals surface area contributed by atoms with Crippen LogP contribution in [0.3, 0.4) is 0 Å². The van der Waals surface area contributed by atoms with Gasteiger partial charge in [0.1, 0.15) is 0 Å². The van der Waals surface area contributed by atoms with Crippen molar-refractivity contribution in [2.75, 3.05) is 26.3 Å². The van der Waals surface area contributed by atoms with E-state index < -0.39 is 0 Å². The number of nitrogens with zero attached hydrogens (tertiary/aromatic N) is 1. The van der Waals surface area contributed by atoms with Gasteiger partial charge in [0, 0.05) is 23.7 Å². The van der Waals surface area contributed by atoms with Crippen molar-refractivity contribution >= 4 is 23.4 Å². The summed E-state index contributed by atoms with van der Waals surface area (Å²) in [6.07, 6.45) is 0.735. The number of nitrogens with one attached hydrogen (secondary N) is 1. The zero-order chi connectivity index (χ0) is 20.8. The first kappa shape index (κ1) is 21.0. The Kier molecular flexibility index (Phi) is 6.99. The van der Waals surface area contributed by atoms with Crippen LogP contribution >= 0.6 is 11.6 Å². The Balaban J connectivity index is 1.63. The van der Waals surface area contributed by atoms with Crippen LogP contribution in [0.15, 0.2) is 36.4 Å². The summed E-state index contributed by atoms with van der Waals surface area (Å²) in [4.78, 5) is 26.6. The third kappa shape index (κ3) is 5.21. The quantitative estimate of drug-likeness (QED) is 0.750. The summed E-state index contributed by atoms with van der Waals surface area (Å²) in [5.74, 6) is 1.01. The Hall–Kier alpha value is -2.73. The lowest BCUT2D eigenvalue weighted by molar-refractivity contribution is -0.131. The van der Waals surface area contributed by atoms with Gasteiger partial charge in [0.05, 0.1) is 19.8 Å². The van der Waals surface area contributed by atoms with Crippen LogP contribution in [-0.2, 0) is 17.8 Å². The van der Waals surface area contributed by atoms with Crippen molar-refractivity contribution in [2.24, 2.45) is 0 Å². The first-order valence-electron chi connectivity index (χ1n) is 9.74. The van der Waals surface area contributed by atoms with Crippen molar-refractivity contribution in [3.63, 3.8) is 0 Å². The van der Waals surface area contributed by atoms with Gasteiger partial charge in [-0.1, -0.05) is 11.6 Å². The molecule has 3 rings (SSSR count). The lowest BCUT2D eigenvalue weighted by Crippen LogP contribution is -2.42. The van der Waals surface area contributed by atoms with Gasteiger partial charge in [0.2, 0.25) is 5.91 Å². The topological polar surface area (TPSA) is 67.9 Å². The molecule has 154 valence electrons. The molecule has 1 heterocycles. The second-order valence-electron chi connectivity index (χ2n) is 6.69. The number of hydrogen-bond acceptors (Lipinski definition) is 4. The maximum Gasteiger partial charge on any atom is 0.251 e. The SMILES string of the molecule is CCOc1cc2c(cc1OCC)CN(C(=O)CNC(=O)c1ccc(Cl)cc1)CC2. The second-order valence-corrected chi connectivity index (χ2v) is 7.12. The molecule has 0 fully saturated rings. The van der Waals surface area contributed by atoms with Gasteiger partial charge in [-0.3, -0.25) is 9.59 Å². The van der Waals surface area contributed by atoms with E-state index in [1.54, 1.807) is 29.2 Å². The monoisotopic (exact) mass is 416 g/mol. The molecular formula is C22H25ClN2O4. The molecule has 1 aliphatic heterocycles. The molecule has 1 N–H and O–H groups in total. The summed E-state index contributed by atoms with van der Waals surface area (Å²) >= 11 is 5.84. The fourth-order valence-electron chi connectivity index (χ4n) is 3.28. The third-order valence-corrected chi connectivity index (χ3v) is 4.99. The normalized spacial score (nSPS) is 12.9. The van der Waals surface area contributed by atoms with Gasteiger partial charge in [-0.05, 0) is 67.8 Å². The summed E-state index contributed by atoms with van der Waals surface area (Å²) in [7, 11) is 0. The largest absolute Gasteiger partial charge is 0.490 e. The summed E-state index contributed by atoms with van der Waals surface area (Å²) in [6, 6.07) is 10.5. The number of fused-ring (bicyclic) bond motifs is 1. The maximum absolute atomic E-state index is 12.6. The van der Waals surface area contributed by atoms with Crippen molar-refractivity contribution in [3.8, 4) is 11.5 Å². The second kappa shape index (κ2) is 9.65. The molecule has 6 nitrogen and oxygen atoms in total. The van der Waals surface area contributed by atoms with Crippen molar-refractivity contribution in [1.82, 2.24) is 10.2 Å². The van der Waals surface area contributed by atoms with Gasteiger partial charge in [-0.15, -0.1) is 0 Å². The first-order valence-corrected chi connectivity index (χ1v) is 10.1. The molecule has 2 amide bonds. The zero-order valence-electron chi connectivity index (χ0n) is 16.7. The average Bonchev–Trinajstić information content (AvgIpc) is 2.72. The number of hydrogen-bond donors (Lipinski definition) is 1. The molecule has 0 spiro atoms. The van der Waals surface area contributed by atoms with Crippen LogP contribution in [0.1, 0.15) is 35.3 Å². The Labute approximate surface area is 175 Å². The highest BCUT2D eigenvalue weighted by molar-refractivity contribution is 6.30. The lowest BCUT2D eigenvalue weighted by atomic mass is 9.98. The Morgan fingerprint density at radius 1 is 1.03 bits per heavy atom.